The highest BCUT2D eigenvalue weighted by molar-refractivity contribution is 9.10. The molecular formula is C21H15BrN2O2. The first kappa shape index (κ1) is 16.5. The predicted octanol–water partition coefficient (Wildman–Crippen LogP) is 6.02. The molecular weight excluding hydrogens is 392 g/mol. The number of phenolic OH excluding ortho intramolecular Hbond substituents is 1. The van der Waals surface area contributed by atoms with Gasteiger partial charge in [0.2, 0.25) is 5.89 Å². The van der Waals surface area contributed by atoms with Crippen LogP contribution < -0.4 is 0 Å². The van der Waals surface area contributed by atoms with Gasteiger partial charge in [-0.3, -0.25) is 4.99 Å². The van der Waals surface area contributed by atoms with E-state index < -0.39 is 0 Å². The summed E-state index contributed by atoms with van der Waals surface area (Å²) in [7, 11) is 0. The number of hydrogen-bond acceptors (Lipinski definition) is 4. The van der Waals surface area contributed by atoms with Crippen molar-refractivity contribution in [3.8, 4) is 17.2 Å². The minimum Gasteiger partial charge on any atom is -0.506 e. The van der Waals surface area contributed by atoms with Crippen LogP contribution in [0.2, 0.25) is 0 Å². The number of fused-ring (bicyclic) bond motifs is 1. The number of benzene rings is 3. The summed E-state index contributed by atoms with van der Waals surface area (Å²) in [4.78, 5) is 9.01. The van der Waals surface area contributed by atoms with Crippen LogP contribution in [0.4, 0.5) is 5.69 Å². The molecule has 3 aromatic carbocycles. The summed E-state index contributed by atoms with van der Waals surface area (Å²) < 4.78 is 6.46. The van der Waals surface area contributed by atoms with Crippen LogP contribution in [-0.2, 0) is 0 Å². The van der Waals surface area contributed by atoms with E-state index in [4.69, 9.17) is 4.42 Å². The first-order chi connectivity index (χ1) is 12.6. The number of rotatable bonds is 3. The van der Waals surface area contributed by atoms with Crippen LogP contribution in [0.3, 0.4) is 0 Å². The van der Waals surface area contributed by atoms with E-state index in [1.54, 1.807) is 6.21 Å². The maximum atomic E-state index is 10.1. The van der Waals surface area contributed by atoms with Gasteiger partial charge < -0.3 is 9.52 Å². The second-order valence-electron chi connectivity index (χ2n) is 5.98. The van der Waals surface area contributed by atoms with Gasteiger partial charge in [0.05, 0.1) is 10.2 Å². The Labute approximate surface area is 159 Å². The number of hydrogen-bond donors (Lipinski definition) is 1. The molecule has 0 radical (unpaired) electrons. The van der Waals surface area contributed by atoms with Gasteiger partial charge in [-0.1, -0.05) is 18.2 Å². The lowest BCUT2D eigenvalue weighted by atomic mass is 10.1. The van der Waals surface area contributed by atoms with Crippen LogP contribution >= 0.6 is 15.9 Å². The van der Waals surface area contributed by atoms with Crippen molar-refractivity contribution in [1.29, 1.82) is 0 Å². The van der Waals surface area contributed by atoms with Gasteiger partial charge in [0.15, 0.2) is 5.58 Å². The van der Waals surface area contributed by atoms with Crippen molar-refractivity contribution in [3.05, 3.63) is 76.3 Å². The van der Waals surface area contributed by atoms with Gasteiger partial charge in [-0.05, 0) is 70.9 Å². The standard InChI is InChI=1S/C21H15BrN2O2/c1-13-9-15(20(25)17(22)10-13)12-23-16-7-8-19-18(11-16)24-21(26-19)14-5-3-2-4-6-14/h2-12,25H,1H3. The summed E-state index contributed by atoms with van der Waals surface area (Å²) in [6.45, 7) is 1.97. The minimum absolute atomic E-state index is 0.174. The number of aliphatic imine (C=N–C) groups is 1. The Morgan fingerprint density at radius 1 is 1.08 bits per heavy atom. The van der Waals surface area contributed by atoms with E-state index in [1.165, 1.54) is 0 Å². The van der Waals surface area contributed by atoms with Crippen molar-refractivity contribution in [2.24, 2.45) is 4.99 Å². The van der Waals surface area contributed by atoms with E-state index in [-0.39, 0.29) is 5.75 Å². The number of nitrogens with zero attached hydrogens (tertiary/aromatic N) is 2. The molecule has 0 saturated heterocycles. The van der Waals surface area contributed by atoms with E-state index in [1.807, 2.05) is 67.6 Å². The number of halogens is 1. The van der Waals surface area contributed by atoms with Gasteiger partial charge in [0, 0.05) is 17.3 Å². The highest BCUT2D eigenvalue weighted by Crippen LogP contribution is 2.30. The maximum Gasteiger partial charge on any atom is 0.227 e. The van der Waals surface area contributed by atoms with Gasteiger partial charge in [0.1, 0.15) is 11.3 Å². The zero-order valence-electron chi connectivity index (χ0n) is 14.0. The molecule has 1 aromatic heterocycles. The smallest absolute Gasteiger partial charge is 0.227 e. The summed E-state index contributed by atoms with van der Waals surface area (Å²) in [6.07, 6.45) is 1.65. The monoisotopic (exact) mass is 406 g/mol. The summed E-state index contributed by atoms with van der Waals surface area (Å²) in [5.74, 6) is 0.759. The third-order valence-electron chi connectivity index (χ3n) is 3.98. The van der Waals surface area contributed by atoms with Gasteiger partial charge in [-0.25, -0.2) is 4.98 Å². The van der Waals surface area contributed by atoms with E-state index in [0.29, 0.717) is 21.5 Å². The van der Waals surface area contributed by atoms with Gasteiger partial charge in [-0.15, -0.1) is 0 Å². The molecule has 1 heterocycles. The number of aromatic nitrogens is 1. The van der Waals surface area contributed by atoms with Crippen molar-refractivity contribution in [2.45, 2.75) is 6.92 Å². The molecule has 0 amide bonds. The maximum absolute atomic E-state index is 10.1. The minimum atomic E-state index is 0.174. The van der Waals surface area contributed by atoms with Gasteiger partial charge in [-0.2, -0.15) is 0 Å². The van der Waals surface area contributed by atoms with Crippen LogP contribution in [0.15, 0.2) is 74.5 Å². The molecule has 0 fully saturated rings. The Morgan fingerprint density at radius 3 is 2.69 bits per heavy atom. The molecule has 128 valence electrons. The fraction of sp³-hybridized carbons (Fsp3) is 0.0476. The Morgan fingerprint density at radius 2 is 1.88 bits per heavy atom. The third kappa shape index (κ3) is 3.26. The number of oxazole rings is 1. The Bertz CT molecular complexity index is 1120. The van der Waals surface area contributed by atoms with Gasteiger partial charge >= 0.3 is 0 Å². The van der Waals surface area contributed by atoms with Crippen molar-refractivity contribution >= 4 is 38.9 Å². The highest BCUT2D eigenvalue weighted by Gasteiger charge is 2.08. The van der Waals surface area contributed by atoms with Crippen molar-refractivity contribution in [1.82, 2.24) is 4.98 Å². The van der Waals surface area contributed by atoms with Crippen molar-refractivity contribution in [2.75, 3.05) is 0 Å². The zero-order valence-corrected chi connectivity index (χ0v) is 15.6. The fourth-order valence-corrected chi connectivity index (χ4v) is 3.29. The van der Waals surface area contributed by atoms with Crippen LogP contribution in [0.1, 0.15) is 11.1 Å². The first-order valence-corrected chi connectivity index (χ1v) is 8.88. The van der Waals surface area contributed by atoms with E-state index >= 15 is 0 Å². The molecule has 0 aliphatic rings. The number of aryl methyl sites for hydroxylation is 1. The second kappa shape index (κ2) is 6.77. The molecule has 4 aromatic rings. The quantitative estimate of drug-likeness (QED) is 0.423. The lowest BCUT2D eigenvalue weighted by Crippen LogP contribution is -1.86. The molecule has 0 bridgehead atoms. The Kier molecular flexibility index (Phi) is 4.31. The highest BCUT2D eigenvalue weighted by atomic mass is 79.9. The van der Waals surface area contributed by atoms with E-state index in [2.05, 4.69) is 25.9 Å². The van der Waals surface area contributed by atoms with Crippen LogP contribution in [0, 0.1) is 6.92 Å². The average Bonchev–Trinajstić information content (AvgIpc) is 3.07. The zero-order chi connectivity index (χ0) is 18.1. The van der Waals surface area contributed by atoms with E-state index in [9.17, 15) is 5.11 Å². The molecule has 0 spiro atoms. The molecule has 0 atom stereocenters. The molecule has 0 unspecified atom stereocenters. The lowest BCUT2D eigenvalue weighted by Gasteiger charge is -2.03. The summed E-state index contributed by atoms with van der Waals surface area (Å²) in [5, 5.41) is 10.1. The van der Waals surface area contributed by atoms with Crippen LogP contribution in [-0.4, -0.2) is 16.3 Å². The molecule has 4 rings (SSSR count). The third-order valence-corrected chi connectivity index (χ3v) is 4.59. The van der Waals surface area contributed by atoms with Crippen molar-refractivity contribution in [3.63, 3.8) is 0 Å². The number of phenols is 1. The van der Waals surface area contributed by atoms with E-state index in [0.717, 1.165) is 22.3 Å². The molecule has 26 heavy (non-hydrogen) atoms. The molecule has 0 aliphatic heterocycles. The van der Waals surface area contributed by atoms with Gasteiger partial charge in [0.25, 0.3) is 0 Å². The Balaban J connectivity index is 1.68. The molecule has 0 saturated carbocycles. The number of aromatic hydroxyl groups is 1. The second-order valence-corrected chi connectivity index (χ2v) is 6.83. The van der Waals surface area contributed by atoms with Crippen LogP contribution in [0.5, 0.6) is 5.75 Å². The van der Waals surface area contributed by atoms with Crippen molar-refractivity contribution < 1.29 is 9.52 Å². The van der Waals surface area contributed by atoms with Crippen LogP contribution in [0.25, 0.3) is 22.6 Å². The topological polar surface area (TPSA) is 58.6 Å². The normalized spacial score (nSPS) is 11.5. The lowest BCUT2D eigenvalue weighted by molar-refractivity contribution is 0.471. The average molecular weight is 407 g/mol. The SMILES string of the molecule is Cc1cc(Br)c(O)c(C=Nc2ccc3oc(-c4ccccc4)nc3c2)c1. The molecule has 4 nitrogen and oxygen atoms in total. The summed E-state index contributed by atoms with van der Waals surface area (Å²) in [6, 6.07) is 19.1. The molecule has 5 heteroatoms. The molecule has 1 N–H and O–H groups in total. The first-order valence-electron chi connectivity index (χ1n) is 8.09. The largest absolute Gasteiger partial charge is 0.506 e. The predicted molar refractivity (Wildman–Crippen MR) is 107 cm³/mol. The molecule has 0 aliphatic carbocycles. The summed E-state index contributed by atoms with van der Waals surface area (Å²) >= 11 is 3.35. The Hall–Kier alpha value is -2.92. The fourth-order valence-electron chi connectivity index (χ4n) is 2.70. The summed E-state index contributed by atoms with van der Waals surface area (Å²) in [5.41, 5.74) is 4.82.